The Hall–Kier alpha value is -2.77. The number of aromatic nitrogens is 7. The molecule has 0 bridgehead atoms. The molecule has 20 heavy (non-hydrogen) atoms. The number of nitrogens with two attached hydrogens (primary N) is 1. The van der Waals surface area contributed by atoms with Crippen LogP contribution < -0.4 is 5.73 Å². The summed E-state index contributed by atoms with van der Waals surface area (Å²) in [6, 6.07) is 0. The van der Waals surface area contributed by atoms with Crippen LogP contribution >= 0.6 is 0 Å². The van der Waals surface area contributed by atoms with Gasteiger partial charge in [-0.1, -0.05) is 0 Å². The summed E-state index contributed by atoms with van der Waals surface area (Å²) in [5.41, 5.74) is 5.74. The summed E-state index contributed by atoms with van der Waals surface area (Å²) < 4.78 is 3.73. The Balaban J connectivity index is 1.94. The van der Waals surface area contributed by atoms with Crippen molar-refractivity contribution in [3.05, 3.63) is 42.8 Å². The largest absolute Gasteiger partial charge is 0.368 e. The molecule has 0 aliphatic carbocycles. The van der Waals surface area contributed by atoms with Crippen LogP contribution in [0.4, 0.5) is 5.95 Å². The van der Waals surface area contributed by atoms with Crippen LogP contribution in [-0.4, -0.2) is 34.1 Å². The maximum absolute atomic E-state index is 5.74. The van der Waals surface area contributed by atoms with Crippen LogP contribution in [0.15, 0.2) is 31.1 Å². The molecular formula is C12H14N8. The number of hydrogen-bond donors (Lipinski definition) is 1. The average molecular weight is 270 g/mol. The van der Waals surface area contributed by atoms with Crippen molar-refractivity contribution in [1.82, 2.24) is 34.1 Å². The summed E-state index contributed by atoms with van der Waals surface area (Å²) in [5.74, 6) is 2.13. The smallest absolute Gasteiger partial charge is 0.239 e. The molecule has 0 aromatic carbocycles. The molecule has 2 N–H and O–H groups in total. The van der Waals surface area contributed by atoms with Gasteiger partial charge in [0, 0.05) is 31.3 Å². The number of anilines is 1. The van der Waals surface area contributed by atoms with E-state index in [2.05, 4.69) is 31.8 Å². The second kappa shape index (κ2) is 5.08. The summed E-state index contributed by atoms with van der Waals surface area (Å²) in [4.78, 5) is 20.9. The second-order valence-corrected chi connectivity index (χ2v) is 4.19. The molecule has 3 aromatic rings. The first kappa shape index (κ1) is 12.3. The fraction of sp³-hybridized carbons (Fsp3) is 0.250. The lowest BCUT2D eigenvalue weighted by Gasteiger charge is -2.06. The van der Waals surface area contributed by atoms with E-state index in [-0.39, 0.29) is 5.95 Å². The predicted octanol–water partition coefficient (Wildman–Crippen LogP) is 0.447. The third-order valence-electron chi connectivity index (χ3n) is 2.88. The van der Waals surface area contributed by atoms with E-state index in [4.69, 9.17) is 5.73 Å². The quantitative estimate of drug-likeness (QED) is 0.738. The lowest BCUT2D eigenvalue weighted by atomic mass is 10.3. The fourth-order valence-corrected chi connectivity index (χ4v) is 1.93. The fourth-order valence-electron chi connectivity index (χ4n) is 1.93. The Morgan fingerprint density at radius 1 is 1.15 bits per heavy atom. The number of imidazole rings is 2. The van der Waals surface area contributed by atoms with Gasteiger partial charge in [0.25, 0.3) is 0 Å². The topological polar surface area (TPSA) is 100 Å². The van der Waals surface area contributed by atoms with Gasteiger partial charge in [-0.25, -0.2) is 9.97 Å². The molecule has 0 aliphatic rings. The number of nitrogens with zero attached hydrogens (tertiary/aromatic N) is 7. The van der Waals surface area contributed by atoms with Gasteiger partial charge in [0.05, 0.1) is 6.42 Å². The third-order valence-corrected chi connectivity index (χ3v) is 2.88. The van der Waals surface area contributed by atoms with Crippen LogP contribution in [0.1, 0.15) is 18.6 Å². The van der Waals surface area contributed by atoms with Crippen LogP contribution in [-0.2, 0) is 13.0 Å². The molecule has 0 amide bonds. The van der Waals surface area contributed by atoms with E-state index >= 15 is 0 Å². The molecule has 0 saturated carbocycles. The summed E-state index contributed by atoms with van der Waals surface area (Å²) in [5, 5.41) is 0. The predicted molar refractivity (Wildman–Crippen MR) is 72.1 cm³/mol. The minimum atomic E-state index is 0.188. The maximum atomic E-state index is 5.74. The minimum absolute atomic E-state index is 0.188. The number of aryl methyl sites for hydroxylation is 1. The lowest BCUT2D eigenvalue weighted by molar-refractivity contribution is 0.699. The van der Waals surface area contributed by atoms with Gasteiger partial charge < -0.3 is 10.3 Å². The standard InChI is InChI=1S/C12H14N8/c1-2-19-6-4-15-10(19)7-9-16-11(13)18-12(17-9)20-5-3-14-8-20/h3-6,8H,2,7H2,1H3,(H2,13,16,17,18). The zero-order chi connectivity index (χ0) is 13.9. The van der Waals surface area contributed by atoms with Crippen molar-refractivity contribution in [2.75, 3.05) is 5.73 Å². The van der Waals surface area contributed by atoms with E-state index in [1.165, 1.54) is 0 Å². The van der Waals surface area contributed by atoms with Crippen molar-refractivity contribution in [3.8, 4) is 5.95 Å². The van der Waals surface area contributed by atoms with Crippen LogP contribution in [0.2, 0.25) is 0 Å². The van der Waals surface area contributed by atoms with Crippen molar-refractivity contribution in [2.24, 2.45) is 0 Å². The Morgan fingerprint density at radius 3 is 2.80 bits per heavy atom. The highest BCUT2D eigenvalue weighted by atomic mass is 15.2. The molecular weight excluding hydrogens is 256 g/mol. The van der Waals surface area contributed by atoms with Crippen molar-refractivity contribution in [2.45, 2.75) is 19.9 Å². The first-order chi connectivity index (χ1) is 9.76. The van der Waals surface area contributed by atoms with E-state index in [1.807, 2.05) is 10.8 Å². The van der Waals surface area contributed by atoms with Gasteiger partial charge >= 0.3 is 0 Å². The van der Waals surface area contributed by atoms with Gasteiger partial charge in [-0.05, 0) is 6.92 Å². The zero-order valence-electron chi connectivity index (χ0n) is 11.0. The molecule has 3 rings (SSSR count). The van der Waals surface area contributed by atoms with Gasteiger partial charge in [0.15, 0.2) is 0 Å². The van der Waals surface area contributed by atoms with E-state index in [0.29, 0.717) is 18.2 Å². The molecule has 102 valence electrons. The van der Waals surface area contributed by atoms with Crippen molar-refractivity contribution >= 4 is 5.95 Å². The van der Waals surface area contributed by atoms with Crippen LogP contribution in [0.25, 0.3) is 5.95 Å². The molecule has 3 aromatic heterocycles. The Labute approximate surface area is 115 Å². The second-order valence-electron chi connectivity index (χ2n) is 4.19. The van der Waals surface area contributed by atoms with E-state index < -0.39 is 0 Å². The van der Waals surface area contributed by atoms with Crippen molar-refractivity contribution < 1.29 is 0 Å². The molecule has 0 fully saturated rings. The molecule has 8 nitrogen and oxygen atoms in total. The van der Waals surface area contributed by atoms with E-state index in [0.717, 1.165) is 12.4 Å². The molecule has 0 aliphatic heterocycles. The van der Waals surface area contributed by atoms with Crippen molar-refractivity contribution in [1.29, 1.82) is 0 Å². The van der Waals surface area contributed by atoms with Gasteiger partial charge in [0.1, 0.15) is 18.0 Å². The normalized spacial score (nSPS) is 10.8. The molecule has 8 heteroatoms. The Morgan fingerprint density at radius 2 is 2.05 bits per heavy atom. The number of hydrogen-bond acceptors (Lipinski definition) is 6. The molecule has 0 unspecified atom stereocenters. The summed E-state index contributed by atoms with van der Waals surface area (Å²) >= 11 is 0. The molecule has 0 radical (unpaired) electrons. The highest BCUT2D eigenvalue weighted by Gasteiger charge is 2.09. The summed E-state index contributed by atoms with van der Waals surface area (Å²) in [7, 11) is 0. The minimum Gasteiger partial charge on any atom is -0.368 e. The number of rotatable bonds is 4. The zero-order valence-corrected chi connectivity index (χ0v) is 11.0. The monoisotopic (exact) mass is 270 g/mol. The highest BCUT2D eigenvalue weighted by Crippen LogP contribution is 2.08. The van der Waals surface area contributed by atoms with Gasteiger partial charge in [0.2, 0.25) is 11.9 Å². The maximum Gasteiger partial charge on any atom is 0.239 e. The molecule has 0 saturated heterocycles. The van der Waals surface area contributed by atoms with Gasteiger partial charge in [-0.15, -0.1) is 0 Å². The Kier molecular flexibility index (Phi) is 3.12. The molecule has 0 atom stereocenters. The van der Waals surface area contributed by atoms with E-state index in [9.17, 15) is 0 Å². The van der Waals surface area contributed by atoms with Crippen LogP contribution in [0.3, 0.4) is 0 Å². The van der Waals surface area contributed by atoms with Crippen molar-refractivity contribution in [3.63, 3.8) is 0 Å². The summed E-state index contributed by atoms with van der Waals surface area (Å²) in [6.07, 6.45) is 9.23. The lowest BCUT2D eigenvalue weighted by Crippen LogP contribution is -2.11. The van der Waals surface area contributed by atoms with E-state index in [1.54, 1.807) is 29.5 Å². The number of nitrogen functional groups attached to an aromatic ring is 1. The molecule has 0 spiro atoms. The van der Waals surface area contributed by atoms with Gasteiger partial charge in [-0.2, -0.15) is 15.0 Å². The van der Waals surface area contributed by atoms with Crippen LogP contribution in [0.5, 0.6) is 0 Å². The highest BCUT2D eigenvalue weighted by molar-refractivity contribution is 5.24. The average Bonchev–Trinajstić information content (AvgIpc) is 3.08. The summed E-state index contributed by atoms with van der Waals surface area (Å²) in [6.45, 7) is 2.91. The van der Waals surface area contributed by atoms with Crippen LogP contribution in [0, 0.1) is 0 Å². The molecule has 3 heterocycles. The Bertz CT molecular complexity index is 700. The first-order valence-corrected chi connectivity index (χ1v) is 6.25. The SMILES string of the molecule is CCn1ccnc1Cc1nc(N)nc(-n2ccnc2)n1. The first-order valence-electron chi connectivity index (χ1n) is 6.25. The van der Waals surface area contributed by atoms with Gasteiger partial charge in [-0.3, -0.25) is 4.57 Å². The third kappa shape index (κ3) is 2.35.